The highest BCUT2D eigenvalue weighted by molar-refractivity contribution is 5.78. The van der Waals surface area contributed by atoms with Crippen LogP contribution in [0.15, 0.2) is 0 Å². The van der Waals surface area contributed by atoms with Crippen molar-refractivity contribution in [3.63, 3.8) is 0 Å². The van der Waals surface area contributed by atoms with E-state index in [1.54, 1.807) is 0 Å². The number of carbonyl (C=O) groups excluding carboxylic acids is 2. The fourth-order valence-electron chi connectivity index (χ4n) is 1.98. The highest BCUT2D eigenvalue weighted by Crippen LogP contribution is 2.17. The van der Waals surface area contributed by atoms with Gasteiger partial charge in [0.2, 0.25) is 5.91 Å². The molecule has 0 saturated carbocycles. The summed E-state index contributed by atoms with van der Waals surface area (Å²) in [6.07, 6.45) is 1.96. The van der Waals surface area contributed by atoms with Gasteiger partial charge in [0.15, 0.2) is 0 Å². The fourth-order valence-corrected chi connectivity index (χ4v) is 1.98. The molecule has 18 heavy (non-hydrogen) atoms. The van der Waals surface area contributed by atoms with Gasteiger partial charge in [-0.1, -0.05) is 0 Å². The van der Waals surface area contributed by atoms with E-state index in [2.05, 4.69) is 12.2 Å². The second-order valence-electron chi connectivity index (χ2n) is 5.76. The minimum absolute atomic E-state index is 0.222. The van der Waals surface area contributed by atoms with Gasteiger partial charge in [0, 0.05) is 25.6 Å². The van der Waals surface area contributed by atoms with E-state index in [9.17, 15) is 9.59 Å². The average Bonchev–Trinajstić information content (AvgIpc) is 2.52. The molecule has 1 fully saturated rings. The predicted molar refractivity (Wildman–Crippen MR) is 69.3 cm³/mol. The van der Waals surface area contributed by atoms with Crippen LogP contribution in [0.2, 0.25) is 0 Å². The summed E-state index contributed by atoms with van der Waals surface area (Å²) in [4.78, 5) is 24.8. The number of nitrogens with zero attached hydrogens (tertiary/aromatic N) is 1. The summed E-state index contributed by atoms with van der Waals surface area (Å²) in [5.41, 5.74) is -0.469. The highest BCUT2D eigenvalue weighted by atomic mass is 16.6. The van der Waals surface area contributed by atoms with Crippen molar-refractivity contribution in [2.75, 3.05) is 13.1 Å². The van der Waals surface area contributed by atoms with Crippen LogP contribution in [0, 0.1) is 0 Å². The first-order valence-electron chi connectivity index (χ1n) is 6.56. The minimum atomic E-state index is -0.469. The zero-order valence-corrected chi connectivity index (χ0v) is 11.8. The van der Waals surface area contributed by atoms with Crippen molar-refractivity contribution in [3.8, 4) is 0 Å². The number of rotatable bonds is 4. The Morgan fingerprint density at radius 1 is 1.50 bits per heavy atom. The van der Waals surface area contributed by atoms with Crippen LogP contribution < -0.4 is 5.32 Å². The monoisotopic (exact) mass is 256 g/mol. The second-order valence-corrected chi connectivity index (χ2v) is 5.76. The average molecular weight is 256 g/mol. The molecule has 1 aliphatic heterocycles. The normalized spacial score (nSPS) is 20.1. The van der Waals surface area contributed by atoms with Gasteiger partial charge >= 0.3 is 6.09 Å². The molecule has 1 N–H and O–H groups in total. The molecule has 2 amide bonds. The van der Waals surface area contributed by atoms with Gasteiger partial charge in [-0.05, 0) is 40.5 Å². The van der Waals surface area contributed by atoms with E-state index < -0.39 is 11.7 Å². The minimum Gasteiger partial charge on any atom is -0.444 e. The van der Waals surface area contributed by atoms with Gasteiger partial charge in [0.05, 0.1) is 0 Å². The van der Waals surface area contributed by atoms with Crippen molar-refractivity contribution < 1.29 is 14.3 Å². The van der Waals surface area contributed by atoms with Gasteiger partial charge in [0.1, 0.15) is 5.60 Å². The van der Waals surface area contributed by atoms with Gasteiger partial charge in [-0.25, -0.2) is 4.79 Å². The summed E-state index contributed by atoms with van der Waals surface area (Å²) in [6.45, 7) is 8.79. The molecule has 1 atom stereocenters. The Morgan fingerprint density at radius 3 is 2.67 bits per heavy atom. The summed E-state index contributed by atoms with van der Waals surface area (Å²) in [5, 5.41) is 2.69. The van der Waals surface area contributed by atoms with E-state index in [0.717, 1.165) is 12.8 Å². The number of ether oxygens (including phenoxy) is 1. The lowest BCUT2D eigenvalue weighted by molar-refractivity contribution is -0.128. The predicted octanol–water partition coefficient (Wildman–Crippen LogP) is 1.91. The number of alkyl carbamates (subject to hydrolysis) is 1. The first-order chi connectivity index (χ1) is 8.29. The summed E-state index contributed by atoms with van der Waals surface area (Å²) >= 11 is 0. The molecule has 1 heterocycles. The highest BCUT2D eigenvalue weighted by Gasteiger charge is 2.26. The molecule has 0 spiro atoms. The molecule has 0 aromatic heterocycles. The van der Waals surface area contributed by atoms with Gasteiger partial charge < -0.3 is 15.0 Å². The van der Waals surface area contributed by atoms with Gasteiger partial charge in [-0.2, -0.15) is 0 Å². The third-order valence-corrected chi connectivity index (χ3v) is 2.87. The first kappa shape index (κ1) is 14.8. The van der Waals surface area contributed by atoms with E-state index in [1.807, 2.05) is 25.7 Å². The lowest BCUT2D eigenvalue weighted by Crippen LogP contribution is -2.36. The smallest absolute Gasteiger partial charge is 0.407 e. The molecule has 0 aromatic rings. The van der Waals surface area contributed by atoms with Crippen LogP contribution in [0.1, 0.15) is 47.0 Å². The quantitative estimate of drug-likeness (QED) is 0.782. The Kier molecular flexibility index (Phi) is 4.99. The maximum Gasteiger partial charge on any atom is 0.407 e. The van der Waals surface area contributed by atoms with E-state index in [1.165, 1.54) is 0 Å². The summed E-state index contributed by atoms with van der Waals surface area (Å²) < 4.78 is 5.12. The number of nitrogens with one attached hydrogen (secondary N) is 1. The summed E-state index contributed by atoms with van der Waals surface area (Å²) in [5.74, 6) is 0.222. The molecular weight excluding hydrogens is 232 g/mol. The van der Waals surface area contributed by atoms with Gasteiger partial charge in [-0.15, -0.1) is 0 Å². The van der Waals surface area contributed by atoms with Crippen LogP contribution in [0.3, 0.4) is 0 Å². The fraction of sp³-hybridized carbons (Fsp3) is 0.846. The molecule has 0 aliphatic carbocycles. The molecular formula is C13H24N2O3. The molecule has 0 radical (unpaired) electrons. The Balaban J connectivity index is 2.15. The number of amides is 2. The zero-order valence-electron chi connectivity index (χ0n) is 11.8. The maximum absolute atomic E-state index is 11.5. The number of carbonyl (C=O) groups is 2. The second kappa shape index (κ2) is 6.07. The molecule has 1 unspecified atom stereocenters. The van der Waals surface area contributed by atoms with Gasteiger partial charge in [-0.3, -0.25) is 4.79 Å². The van der Waals surface area contributed by atoms with E-state index in [0.29, 0.717) is 25.6 Å². The molecule has 0 bridgehead atoms. The standard InChI is InChI=1S/C13H24N2O3/c1-10-6-7-11(16)15(10)9-5-8-14-12(17)18-13(2,3)4/h10H,5-9H2,1-4H3,(H,14,17). The topological polar surface area (TPSA) is 58.6 Å². The van der Waals surface area contributed by atoms with Crippen molar-refractivity contribution in [3.05, 3.63) is 0 Å². The summed E-state index contributed by atoms with van der Waals surface area (Å²) in [6, 6.07) is 0.332. The molecule has 104 valence electrons. The molecule has 1 aliphatic rings. The van der Waals surface area contributed by atoms with Crippen LogP contribution in [0.25, 0.3) is 0 Å². The lowest BCUT2D eigenvalue weighted by Gasteiger charge is -2.22. The Hall–Kier alpha value is -1.26. The largest absolute Gasteiger partial charge is 0.444 e. The molecule has 1 rings (SSSR count). The van der Waals surface area contributed by atoms with Crippen LogP contribution in [0.5, 0.6) is 0 Å². The van der Waals surface area contributed by atoms with Crippen molar-refractivity contribution >= 4 is 12.0 Å². The Labute approximate surface area is 109 Å². The van der Waals surface area contributed by atoms with Crippen LogP contribution >= 0.6 is 0 Å². The van der Waals surface area contributed by atoms with Crippen molar-refractivity contribution in [2.24, 2.45) is 0 Å². The lowest BCUT2D eigenvalue weighted by atomic mass is 10.2. The number of likely N-dealkylation sites (tertiary alicyclic amines) is 1. The summed E-state index contributed by atoms with van der Waals surface area (Å²) in [7, 11) is 0. The molecule has 5 heteroatoms. The number of hydrogen-bond donors (Lipinski definition) is 1. The van der Waals surface area contributed by atoms with E-state index >= 15 is 0 Å². The van der Waals surface area contributed by atoms with Crippen molar-refractivity contribution in [2.45, 2.75) is 58.6 Å². The first-order valence-corrected chi connectivity index (χ1v) is 6.56. The van der Waals surface area contributed by atoms with Crippen LogP contribution in [-0.4, -0.2) is 41.6 Å². The molecule has 0 aromatic carbocycles. The van der Waals surface area contributed by atoms with E-state index in [4.69, 9.17) is 4.74 Å². The van der Waals surface area contributed by atoms with Crippen molar-refractivity contribution in [1.29, 1.82) is 0 Å². The third kappa shape index (κ3) is 4.94. The van der Waals surface area contributed by atoms with Crippen LogP contribution in [0.4, 0.5) is 4.79 Å². The maximum atomic E-state index is 11.5. The zero-order chi connectivity index (χ0) is 13.8. The Bertz CT molecular complexity index is 310. The van der Waals surface area contributed by atoms with Crippen molar-refractivity contribution in [1.82, 2.24) is 10.2 Å². The SMILES string of the molecule is CC1CCC(=O)N1CCCNC(=O)OC(C)(C)C. The molecule has 1 saturated heterocycles. The van der Waals surface area contributed by atoms with E-state index in [-0.39, 0.29) is 5.91 Å². The van der Waals surface area contributed by atoms with Crippen LogP contribution in [-0.2, 0) is 9.53 Å². The molecule has 5 nitrogen and oxygen atoms in total. The Morgan fingerprint density at radius 2 is 2.17 bits per heavy atom. The van der Waals surface area contributed by atoms with Gasteiger partial charge in [0.25, 0.3) is 0 Å². The third-order valence-electron chi connectivity index (χ3n) is 2.87. The number of hydrogen-bond acceptors (Lipinski definition) is 3.